The molecule has 0 aliphatic carbocycles. The summed E-state index contributed by atoms with van der Waals surface area (Å²) in [6.07, 6.45) is -7.60. The Morgan fingerprint density at radius 2 is 1.35 bits per heavy atom. The molecule has 0 spiro atoms. The van der Waals surface area contributed by atoms with Crippen LogP contribution >= 0.6 is 0 Å². The van der Waals surface area contributed by atoms with Crippen LogP contribution in [0.4, 0.5) is 26.3 Å². The second-order valence-electron chi connectivity index (χ2n) is 8.04. The third-order valence-electron chi connectivity index (χ3n) is 5.12. The zero-order valence-electron chi connectivity index (χ0n) is 21.1. The molecule has 1 aliphatic rings. The first kappa shape index (κ1) is 34.1. The summed E-state index contributed by atoms with van der Waals surface area (Å²) in [6, 6.07) is 4.01. The Hall–Kier alpha value is -2.94. The van der Waals surface area contributed by atoms with Crippen LogP contribution in [0.2, 0.25) is 0 Å². The second kappa shape index (κ2) is 15.3. The van der Waals surface area contributed by atoms with Crippen LogP contribution in [0.3, 0.4) is 0 Å². The molecule has 0 amide bonds. The number of rotatable bonds is 7. The summed E-state index contributed by atoms with van der Waals surface area (Å²) in [5, 5.41) is 14.2. The molecule has 214 valence electrons. The fraction of sp³-hybridized carbons (Fsp3) is 0.636. The van der Waals surface area contributed by atoms with Crippen LogP contribution in [-0.4, -0.2) is 99.4 Å². The largest absolute Gasteiger partial charge is 0.493 e. The molecule has 2 N–H and O–H groups in total. The van der Waals surface area contributed by atoms with Crippen LogP contribution < -0.4 is 14.2 Å². The number of benzene rings is 1. The van der Waals surface area contributed by atoms with Crippen LogP contribution in [0.15, 0.2) is 12.1 Å². The van der Waals surface area contributed by atoms with Crippen molar-refractivity contribution >= 4 is 11.9 Å². The zero-order chi connectivity index (χ0) is 29.0. The SMILES string of the molecule is COc1ccc(CN(C)CC2CCN(C)CC2)c(OC)c1OC.O=C(O)C(F)(F)F.O=C(O)C(F)(F)F. The van der Waals surface area contributed by atoms with Gasteiger partial charge in [0.15, 0.2) is 11.5 Å². The van der Waals surface area contributed by atoms with Crippen molar-refractivity contribution in [3.63, 3.8) is 0 Å². The molecule has 1 aliphatic heterocycles. The van der Waals surface area contributed by atoms with Gasteiger partial charge in [-0.2, -0.15) is 26.3 Å². The molecule has 1 aromatic rings. The van der Waals surface area contributed by atoms with E-state index in [4.69, 9.17) is 34.0 Å². The first-order valence-corrected chi connectivity index (χ1v) is 10.7. The van der Waals surface area contributed by atoms with Crippen LogP contribution in [0.5, 0.6) is 17.2 Å². The Morgan fingerprint density at radius 1 is 0.919 bits per heavy atom. The van der Waals surface area contributed by atoms with Crippen molar-refractivity contribution in [1.29, 1.82) is 0 Å². The van der Waals surface area contributed by atoms with Crippen LogP contribution in [-0.2, 0) is 16.1 Å². The molecule has 9 nitrogen and oxygen atoms in total. The van der Waals surface area contributed by atoms with E-state index in [1.54, 1.807) is 21.3 Å². The van der Waals surface area contributed by atoms with Crippen molar-refractivity contribution in [3.05, 3.63) is 17.7 Å². The van der Waals surface area contributed by atoms with E-state index >= 15 is 0 Å². The number of ether oxygens (including phenoxy) is 3. The quantitative estimate of drug-likeness (QED) is 0.491. The fourth-order valence-corrected chi connectivity index (χ4v) is 3.33. The van der Waals surface area contributed by atoms with Gasteiger partial charge in [-0.25, -0.2) is 9.59 Å². The number of likely N-dealkylation sites (tertiary alicyclic amines) is 1. The van der Waals surface area contributed by atoms with E-state index in [1.807, 2.05) is 6.07 Å². The third kappa shape index (κ3) is 12.7. The van der Waals surface area contributed by atoms with E-state index in [-0.39, 0.29) is 0 Å². The van der Waals surface area contributed by atoms with E-state index in [2.05, 4.69) is 30.0 Å². The van der Waals surface area contributed by atoms with Crippen LogP contribution in [0.25, 0.3) is 0 Å². The van der Waals surface area contributed by atoms with E-state index in [9.17, 15) is 26.3 Å². The number of hydrogen-bond acceptors (Lipinski definition) is 7. The van der Waals surface area contributed by atoms with Gasteiger partial charge in [0.2, 0.25) is 5.75 Å². The minimum atomic E-state index is -5.08. The Kier molecular flexibility index (Phi) is 14.1. The third-order valence-corrected chi connectivity index (χ3v) is 5.12. The maximum atomic E-state index is 10.6. The van der Waals surface area contributed by atoms with Gasteiger partial charge in [0.05, 0.1) is 21.3 Å². The number of halogens is 6. The van der Waals surface area contributed by atoms with Crippen molar-refractivity contribution < 1.29 is 60.4 Å². The lowest BCUT2D eigenvalue weighted by molar-refractivity contribution is -0.193. The van der Waals surface area contributed by atoms with Gasteiger partial charge < -0.3 is 34.2 Å². The van der Waals surface area contributed by atoms with Crippen molar-refractivity contribution in [3.8, 4) is 17.2 Å². The van der Waals surface area contributed by atoms with E-state index < -0.39 is 24.3 Å². The molecule has 0 atom stereocenters. The van der Waals surface area contributed by atoms with E-state index in [0.29, 0.717) is 11.5 Å². The number of aliphatic carboxylic acids is 2. The Labute approximate surface area is 210 Å². The molecular weight excluding hydrogens is 518 g/mol. The number of hydrogen-bond donors (Lipinski definition) is 2. The molecule has 0 unspecified atom stereocenters. The fourth-order valence-electron chi connectivity index (χ4n) is 3.33. The Balaban J connectivity index is 0.000000761. The van der Waals surface area contributed by atoms with Gasteiger partial charge >= 0.3 is 24.3 Å². The van der Waals surface area contributed by atoms with Gasteiger partial charge in [-0.3, -0.25) is 0 Å². The lowest BCUT2D eigenvalue weighted by Crippen LogP contribution is -2.35. The van der Waals surface area contributed by atoms with Crippen molar-refractivity contribution in [2.24, 2.45) is 5.92 Å². The number of alkyl halides is 6. The van der Waals surface area contributed by atoms with Crippen molar-refractivity contribution in [2.75, 3.05) is 55.1 Å². The summed E-state index contributed by atoms with van der Waals surface area (Å²) in [4.78, 5) is 22.6. The molecule has 0 radical (unpaired) electrons. The predicted molar refractivity (Wildman–Crippen MR) is 120 cm³/mol. The van der Waals surface area contributed by atoms with Gasteiger partial charge in [-0.15, -0.1) is 0 Å². The summed E-state index contributed by atoms with van der Waals surface area (Å²) >= 11 is 0. The minimum absolute atomic E-state index is 0.667. The number of carbonyl (C=O) groups is 2. The summed E-state index contributed by atoms with van der Waals surface area (Å²) < 4.78 is 79.9. The van der Waals surface area contributed by atoms with Crippen molar-refractivity contribution in [2.45, 2.75) is 31.7 Å². The molecule has 1 fully saturated rings. The normalized spacial score (nSPS) is 14.6. The summed E-state index contributed by atoms with van der Waals surface area (Å²) in [5.41, 5.74) is 1.13. The number of methoxy groups -OCH3 is 3. The average Bonchev–Trinajstić information content (AvgIpc) is 2.79. The average molecular weight is 550 g/mol. The van der Waals surface area contributed by atoms with E-state index in [0.717, 1.165) is 30.3 Å². The predicted octanol–water partition coefficient (Wildman–Crippen LogP) is 3.75. The summed E-state index contributed by atoms with van der Waals surface area (Å²) in [6.45, 7) is 4.37. The van der Waals surface area contributed by atoms with Gasteiger partial charge in [0.25, 0.3) is 0 Å². The standard InChI is InChI=1S/C18H30N2O3.2C2HF3O2/c1-19-10-8-14(9-11-19)12-20(2)13-15-6-7-16(21-3)18(23-5)17(15)22-4;2*3-2(4,5)1(6)7/h6-7,14H,8-13H2,1-5H3;2*(H,6,7). The Bertz CT molecular complexity index is 833. The number of carboxylic acids is 2. The maximum absolute atomic E-state index is 10.6. The lowest BCUT2D eigenvalue weighted by Gasteiger charge is -2.32. The van der Waals surface area contributed by atoms with Gasteiger partial charge in [-0.1, -0.05) is 6.07 Å². The van der Waals surface area contributed by atoms with Crippen molar-refractivity contribution in [1.82, 2.24) is 9.80 Å². The molecule has 37 heavy (non-hydrogen) atoms. The highest BCUT2D eigenvalue weighted by Crippen LogP contribution is 2.40. The summed E-state index contributed by atoms with van der Waals surface area (Å²) in [5.74, 6) is -2.60. The minimum Gasteiger partial charge on any atom is -0.493 e. The number of carboxylic acid groups (broad SMARTS) is 2. The number of nitrogens with zero attached hydrogens (tertiary/aromatic N) is 2. The molecule has 15 heteroatoms. The lowest BCUT2D eigenvalue weighted by atomic mass is 9.96. The molecule has 1 saturated heterocycles. The monoisotopic (exact) mass is 550 g/mol. The maximum Gasteiger partial charge on any atom is 0.490 e. The first-order valence-electron chi connectivity index (χ1n) is 10.7. The molecular formula is C22H32F6N2O7. The highest BCUT2D eigenvalue weighted by atomic mass is 19.4. The van der Waals surface area contributed by atoms with Gasteiger partial charge in [0, 0.05) is 18.7 Å². The second-order valence-corrected chi connectivity index (χ2v) is 8.04. The molecule has 1 heterocycles. The molecule has 0 bridgehead atoms. The molecule has 0 aromatic heterocycles. The number of piperidine rings is 1. The van der Waals surface area contributed by atoms with Gasteiger partial charge in [-0.05, 0) is 52.0 Å². The van der Waals surface area contributed by atoms with E-state index in [1.165, 1.54) is 25.9 Å². The smallest absolute Gasteiger partial charge is 0.490 e. The molecule has 1 aromatic carbocycles. The molecule has 2 rings (SSSR count). The zero-order valence-corrected chi connectivity index (χ0v) is 21.1. The summed E-state index contributed by atoms with van der Waals surface area (Å²) in [7, 11) is 9.34. The highest BCUT2D eigenvalue weighted by Gasteiger charge is 2.38. The van der Waals surface area contributed by atoms with Gasteiger partial charge in [0.1, 0.15) is 0 Å². The van der Waals surface area contributed by atoms with Crippen LogP contribution in [0.1, 0.15) is 18.4 Å². The first-order chi connectivity index (χ1) is 17.0. The molecule has 0 saturated carbocycles. The Morgan fingerprint density at radius 3 is 1.70 bits per heavy atom. The van der Waals surface area contributed by atoms with Crippen LogP contribution in [0, 0.1) is 5.92 Å². The highest BCUT2D eigenvalue weighted by molar-refractivity contribution is 5.73. The topological polar surface area (TPSA) is 109 Å².